The molecule has 3 atom stereocenters. The molecule has 1 fully saturated rings. The molecule has 0 spiro atoms. The topological polar surface area (TPSA) is 64.2 Å². The maximum absolute atomic E-state index is 15.3. The average molecular weight is 555 g/mol. The van der Waals surface area contributed by atoms with E-state index in [9.17, 15) is 18.8 Å². The Morgan fingerprint density at radius 2 is 1.60 bits per heavy atom. The predicted octanol–water partition coefficient (Wildman–Crippen LogP) is 3.52. The quantitative estimate of drug-likeness (QED) is 0.476. The third-order valence-electron chi connectivity index (χ3n) is 7.97. The van der Waals surface area contributed by atoms with Gasteiger partial charge in [-0.15, -0.1) is 0 Å². The van der Waals surface area contributed by atoms with E-state index in [1.807, 2.05) is 57.1 Å². The normalized spacial score (nSPS) is 20.4. The summed E-state index contributed by atoms with van der Waals surface area (Å²) in [6, 6.07) is 7.83. The van der Waals surface area contributed by atoms with Crippen LogP contribution in [-0.2, 0) is 27.2 Å². The number of fused-ring (bicyclic) bond motifs is 1. The van der Waals surface area contributed by atoms with E-state index in [-0.39, 0.29) is 29.2 Å². The molecule has 4 rings (SSSR count). The fraction of sp³-hybridized carbons (Fsp3) is 0.516. The number of carbonyl (C=O) groups is 3. The van der Waals surface area contributed by atoms with Crippen molar-refractivity contribution in [2.75, 3.05) is 41.3 Å². The second kappa shape index (κ2) is 12.0. The molecule has 1 aliphatic heterocycles. The molecule has 2 aromatic carbocycles. The second-order valence-electron chi connectivity index (χ2n) is 11.9. The number of nitrogens with zero attached hydrogens (tertiary/aromatic N) is 4. The number of amides is 3. The number of rotatable bonds is 9. The van der Waals surface area contributed by atoms with Crippen LogP contribution in [0.5, 0.6) is 0 Å². The summed E-state index contributed by atoms with van der Waals surface area (Å²) in [6.07, 6.45) is 1.55. The third-order valence-corrected chi connectivity index (χ3v) is 7.97. The highest BCUT2D eigenvalue weighted by Gasteiger charge is 2.53. The molecule has 2 aromatic rings. The van der Waals surface area contributed by atoms with Crippen LogP contribution in [0.2, 0.25) is 0 Å². The molecule has 1 saturated heterocycles. The van der Waals surface area contributed by atoms with E-state index in [4.69, 9.17) is 0 Å². The smallest absolute Gasteiger partial charge is 0.249 e. The van der Waals surface area contributed by atoms with Crippen molar-refractivity contribution < 1.29 is 23.2 Å². The first-order chi connectivity index (χ1) is 18.9. The summed E-state index contributed by atoms with van der Waals surface area (Å²) in [4.78, 5) is 49.1. The zero-order valence-corrected chi connectivity index (χ0v) is 24.2. The predicted molar refractivity (Wildman–Crippen MR) is 149 cm³/mol. The zero-order chi connectivity index (χ0) is 29.3. The molecule has 2 aliphatic rings. The van der Waals surface area contributed by atoms with Gasteiger partial charge in [0.05, 0.1) is 0 Å². The number of piperazine rings is 1. The van der Waals surface area contributed by atoms with Gasteiger partial charge in [-0.2, -0.15) is 0 Å². The Morgan fingerprint density at radius 3 is 2.12 bits per heavy atom. The molecule has 216 valence electrons. The van der Waals surface area contributed by atoms with E-state index >= 15 is 4.39 Å². The van der Waals surface area contributed by atoms with Crippen LogP contribution < -0.4 is 0 Å². The first-order valence-corrected chi connectivity index (χ1v) is 13.9. The van der Waals surface area contributed by atoms with Gasteiger partial charge >= 0.3 is 0 Å². The maximum Gasteiger partial charge on any atom is 0.249 e. The summed E-state index contributed by atoms with van der Waals surface area (Å²) in [5, 5.41) is 0. The molecule has 3 amide bonds. The van der Waals surface area contributed by atoms with Crippen molar-refractivity contribution in [3.63, 3.8) is 0 Å². The Morgan fingerprint density at radius 1 is 0.975 bits per heavy atom. The van der Waals surface area contributed by atoms with Crippen LogP contribution in [0.1, 0.15) is 43.0 Å². The summed E-state index contributed by atoms with van der Waals surface area (Å²) in [7, 11) is 6.88. The summed E-state index contributed by atoms with van der Waals surface area (Å²) in [5.74, 6) is -3.04. The maximum atomic E-state index is 15.3. The van der Waals surface area contributed by atoms with Gasteiger partial charge in [0, 0.05) is 38.8 Å². The molecule has 40 heavy (non-hydrogen) atoms. The number of halogens is 2. The Bertz CT molecular complexity index is 1240. The van der Waals surface area contributed by atoms with Crippen molar-refractivity contribution >= 4 is 17.7 Å². The van der Waals surface area contributed by atoms with E-state index in [0.29, 0.717) is 38.4 Å². The highest BCUT2D eigenvalue weighted by molar-refractivity contribution is 6.00. The van der Waals surface area contributed by atoms with E-state index in [0.717, 1.165) is 17.2 Å². The van der Waals surface area contributed by atoms with E-state index in [2.05, 4.69) is 0 Å². The Balaban J connectivity index is 1.86. The minimum Gasteiger partial charge on any atom is -0.347 e. The van der Waals surface area contributed by atoms with Crippen LogP contribution in [0.25, 0.3) is 0 Å². The van der Waals surface area contributed by atoms with Gasteiger partial charge in [-0.25, -0.2) is 8.78 Å². The monoisotopic (exact) mass is 554 g/mol. The lowest BCUT2D eigenvalue weighted by Gasteiger charge is -2.50. The van der Waals surface area contributed by atoms with Gasteiger partial charge < -0.3 is 19.6 Å². The number of benzene rings is 2. The summed E-state index contributed by atoms with van der Waals surface area (Å²) < 4.78 is 29.2. The van der Waals surface area contributed by atoms with Crippen LogP contribution in [0.15, 0.2) is 42.5 Å². The van der Waals surface area contributed by atoms with Crippen LogP contribution in [-0.4, -0.2) is 90.7 Å². The van der Waals surface area contributed by atoms with Gasteiger partial charge in [0.15, 0.2) is 0 Å². The number of hydrogen-bond acceptors (Lipinski definition) is 4. The van der Waals surface area contributed by atoms with Crippen molar-refractivity contribution in [3.8, 4) is 0 Å². The van der Waals surface area contributed by atoms with Gasteiger partial charge in [-0.1, -0.05) is 44.2 Å². The SMILES string of the molecule is CC(C)C[C@@H]1C(=O)N(CCN(C)C)[C@H](C2Cc3ccccc3C2)C(=O)N1[C@@H](C(=O)N(C)C)c1ccc(F)cc1F. The molecule has 1 heterocycles. The first kappa shape index (κ1) is 29.6. The fourth-order valence-electron chi connectivity index (χ4n) is 6.05. The van der Waals surface area contributed by atoms with Crippen LogP contribution in [0.4, 0.5) is 8.78 Å². The second-order valence-corrected chi connectivity index (χ2v) is 11.9. The Labute approximate surface area is 235 Å². The van der Waals surface area contributed by atoms with Crippen LogP contribution in [0.3, 0.4) is 0 Å². The average Bonchev–Trinajstić information content (AvgIpc) is 3.31. The van der Waals surface area contributed by atoms with Gasteiger partial charge in [0.1, 0.15) is 29.8 Å². The van der Waals surface area contributed by atoms with Gasteiger partial charge in [0.25, 0.3) is 0 Å². The van der Waals surface area contributed by atoms with Crippen LogP contribution in [0, 0.1) is 23.5 Å². The Kier molecular flexibility index (Phi) is 8.93. The third kappa shape index (κ3) is 5.89. The molecular weight excluding hydrogens is 514 g/mol. The molecule has 0 N–H and O–H groups in total. The van der Waals surface area contributed by atoms with Crippen molar-refractivity contribution in [3.05, 3.63) is 70.8 Å². The highest BCUT2D eigenvalue weighted by atomic mass is 19.1. The van der Waals surface area contributed by atoms with E-state index in [1.54, 1.807) is 4.90 Å². The van der Waals surface area contributed by atoms with Crippen molar-refractivity contribution in [2.45, 2.75) is 51.2 Å². The molecule has 7 nitrogen and oxygen atoms in total. The Hall–Kier alpha value is -3.33. The fourth-order valence-corrected chi connectivity index (χ4v) is 6.05. The number of carbonyl (C=O) groups excluding carboxylic acids is 3. The lowest BCUT2D eigenvalue weighted by molar-refractivity contribution is -0.171. The van der Waals surface area contributed by atoms with Gasteiger partial charge in [-0.3, -0.25) is 14.4 Å². The zero-order valence-electron chi connectivity index (χ0n) is 24.2. The van der Waals surface area contributed by atoms with E-state index < -0.39 is 35.7 Å². The molecule has 0 unspecified atom stereocenters. The molecule has 0 radical (unpaired) electrons. The van der Waals surface area contributed by atoms with E-state index in [1.165, 1.54) is 30.0 Å². The van der Waals surface area contributed by atoms with Gasteiger partial charge in [0.2, 0.25) is 17.7 Å². The van der Waals surface area contributed by atoms with Crippen molar-refractivity contribution in [1.82, 2.24) is 19.6 Å². The standard InChI is InChI=1S/C31H40F2N4O3/c1-19(2)15-26-29(38)36(14-13-34(3)4)27(22-16-20-9-7-8-10-21(20)17-22)31(40)37(26)28(30(39)35(5)6)24-12-11-23(32)18-25(24)33/h7-12,18-19,22,26-28H,13-17H2,1-6H3/t26-,27-,28-/m1/s1. The summed E-state index contributed by atoms with van der Waals surface area (Å²) in [5.41, 5.74) is 2.16. The van der Waals surface area contributed by atoms with Crippen molar-refractivity contribution in [1.29, 1.82) is 0 Å². The highest BCUT2D eigenvalue weighted by Crippen LogP contribution is 2.39. The molecule has 9 heteroatoms. The van der Waals surface area contributed by atoms with Crippen molar-refractivity contribution in [2.24, 2.45) is 11.8 Å². The summed E-state index contributed by atoms with van der Waals surface area (Å²) >= 11 is 0. The molecular formula is C31H40F2N4O3. The largest absolute Gasteiger partial charge is 0.347 e. The molecule has 1 aliphatic carbocycles. The molecule has 0 bridgehead atoms. The van der Waals surface area contributed by atoms with Crippen LogP contribution >= 0.6 is 0 Å². The summed E-state index contributed by atoms with van der Waals surface area (Å²) in [6.45, 7) is 4.81. The lowest BCUT2D eigenvalue weighted by atomic mass is 9.86. The molecule has 0 aromatic heterocycles. The first-order valence-electron chi connectivity index (χ1n) is 13.9. The number of likely N-dealkylation sites (N-methyl/N-ethyl adjacent to an activating group) is 2. The minimum absolute atomic E-state index is 0.0143. The van der Waals surface area contributed by atoms with Gasteiger partial charge in [-0.05, 0) is 62.4 Å². The minimum atomic E-state index is -1.40. The number of hydrogen-bond donors (Lipinski definition) is 0. The molecule has 0 saturated carbocycles. The lowest BCUT2D eigenvalue weighted by Crippen LogP contribution is -2.69.